The largest absolute Gasteiger partial charge is 0.356 e. The minimum atomic E-state index is 0.452. The van der Waals surface area contributed by atoms with Crippen molar-refractivity contribution in [3.8, 4) is 0 Å². The summed E-state index contributed by atoms with van der Waals surface area (Å²) in [5.74, 6) is 1.50. The molecule has 3 nitrogen and oxygen atoms in total. The molecule has 20 heavy (non-hydrogen) atoms. The van der Waals surface area contributed by atoms with Crippen LogP contribution in [0, 0.1) is 0 Å². The van der Waals surface area contributed by atoms with E-state index in [9.17, 15) is 0 Å². The van der Waals surface area contributed by atoms with Gasteiger partial charge in [0.05, 0.1) is 0 Å². The maximum atomic E-state index is 4.79. The Kier molecular flexibility index (Phi) is 4.81. The van der Waals surface area contributed by atoms with Crippen molar-refractivity contribution in [1.29, 1.82) is 0 Å². The Morgan fingerprint density at radius 1 is 1.45 bits per heavy atom. The zero-order valence-electron chi connectivity index (χ0n) is 13.2. The molecule has 110 valence electrons. The average molecular weight is 273 g/mol. The predicted molar refractivity (Wildman–Crippen MR) is 86.3 cm³/mol. The molecule has 0 amide bonds. The lowest BCUT2D eigenvalue weighted by Crippen LogP contribution is -2.22. The second-order valence-electron chi connectivity index (χ2n) is 6.38. The maximum Gasteiger partial charge on any atom is 0.129 e. The Morgan fingerprint density at radius 3 is 2.70 bits per heavy atom. The van der Waals surface area contributed by atoms with E-state index in [1.807, 2.05) is 0 Å². The topological polar surface area (TPSA) is 28.2 Å². The first kappa shape index (κ1) is 15.0. The van der Waals surface area contributed by atoms with Crippen molar-refractivity contribution in [3.63, 3.8) is 0 Å². The number of hydrogen-bond acceptors (Lipinski definition) is 3. The highest BCUT2D eigenvalue weighted by Crippen LogP contribution is 2.22. The molecule has 0 bridgehead atoms. The van der Waals surface area contributed by atoms with Crippen LogP contribution in [-0.2, 0) is 6.54 Å². The van der Waals surface area contributed by atoms with Crippen molar-refractivity contribution in [2.45, 2.75) is 52.1 Å². The fourth-order valence-electron chi connectivity index (χ4n) is 2.22. The van der Waals surface area contributed by atoms with Crippen molar-refractivity contribution in [2.24, 2.45) is 0 Å². The van der Waals surface area contributed by atoms with Crippen molar-refractivity contribution in [1.82, 2.24) is 10.3 Å². The predicted octanol–water partition coefficient (Wildman–Crippen LogP) is 3.47. The van der Waals surface area contributed by atoms with Gasteiger partial charge in [0.2, 0.25) is 0 Å². The normalized spacial score (nSPS) is 14.7. The maximum absolute atomic E-state index is 4.79. The standard InChI is InChI=1S/C17H27N3/c1-12(2)11-20(5)17-9-14(10-18-15-6-7-15)8-16(19-17)13(3)4/h8-9,13,15,18H,1,6-7,10-11H2,2-5H3. The van der Waals surface area contributed by atoms with Crippen LogP contribution in [0.4, 0.5) is 5.82 Å². The highest BCUT2D eigenvalue weighted by molar-refractivity contribution is 5.43. The average Bonchev–Trinajstić information content (AvgIpc) is 3.19. The Labute approximate surface area is 123 Å². The zero-order valence-corrected chi connectivity index (χ0v) is 13.2. The van der Waals surface area contributed by atoms with Gasteiger partial charge in [0, 0.05) is 31.9 Å². The summed E-state index contributed by atoms with van der Waals surface area (Å²) in [6, 6.07) is 5.17. The molecule has 1 N–H and O–H groups in total. The third-order valence-corrected chi connectivity index (χ3v) is 3.55. The molecule has 1 aliphatic carbocycles. The molecule has 1 saturated carbocycles. The van der Waals surface area contributed by atoms with E-state index in [1.54, 1.807) is 0 Å². The van der Waals surface area contributed by atoms with Crippen molar-refractivity contribution < 1.29 is 0 Å². The molecule has 0 saturated heterocycles. The van der Waals surface area contributed by atoms with Gasteiger partial charge in [-0.05, 0) is 43.4 Å². The molecule has 1 aromatic rings. The van der Waals surface area contributed by atoms with Crippen LogP contribution in [0.5, 0.6) is 0 Å². The number of likely N-dealkylation sites (N-methyl/N-ethyl adjacent to an activating group) is 1. The number of rotatable bonds is 7. The minimum Gasteiger partial charge on any atom is -0.356 e. The molecule has 0 aromatic carbocycles. The van der Waals surface area contributed by atoms with Gasteiger partial charge in [0.15, 0.2) is 0 Å². The molecule has 3 heteroatoms. The molecule has 0 radical (unpaired) electrons. The second-order valence-corrected chi connectivity index (χ2v) is 6.38. The van der Waals surface area contributed by atoms with E-state index < -0.39 is 0 Å². The second kappa shape index (κ2) is 6.40. The molecule has 1 aliphatic rings. The van der Waals surface area contributed by atoms with E-state index in [2.05, 4.69) is 56.7 Å². The van der Waals surface area contributed by atoms with E-state index in [-0.39, 0.29) is 0 Å². The highest BCUT2D eigenvalue weighted by atomic mass is 15.2. The Bertz CT molecular complexity index is 475. The third kappa shape index (κ3) is 4.34. The van der Waals surface area contributed by atoms with Gasteiger partial charge >= 0.3 is 0 Å². The lowest BCUT2D eigenvalue weighted by Gasteiger charge is -2.21. The molecule has 0 atom stereocenters. The Morgan fingerprint density at radius 2 is 2.15 bits per heavy atom. The minimum absolute atomic E-state index is 0.452. The lowest BCUT2D eigenvalue weighted by molar-refractivity contribution is 0.683. The Hall–Kier alpha value is -1.35. The molecule has 2 rings (SSSR count). The van der Waals surface area contributed by atoms with E-state index in [0.717, 1.165) is 30.5 Å². The van der Waals surface area contributed by atoms with Crippen LogP contribution in [0.2, 0.25) is 0 Å². The summed E-state index contributed by atoms with van der Waals surface area (Å²) >= 11 is 0. The van der Waals surface area contributed by atoms with Crippen LogP contribution in [0.25, 0.3) is 0 Å². The van der Waals surface area contributed by atoms with Crippen LogP contribution in [0.1, 0.15) is 50.8 Å². The van der Waals surface area contributed by atoms with E-state index >= 15 is 0 Å². The monoisotopic (exact) mass is 273 g/mol. The molecular weight excluding hydrogens is 246 g/mol. The van der Waals surface area contributed by atoms with Crippen LogP contribution in [-0.4, -0.2) is 24.6 Å². The number of hydrogen-bond donors (Lipinski definition) is 1. The van der Waals surface area contributed by atoms with Gasteiger partial charge in [-0.25, -0.2) is 4.98 Å². The van der Waals surface area contributed by atoms with Gasteiger partial charge in [-0.15, -0.1) is 0 Å². The highest BCUT2D eigenvalue weighted by Gasteiger charge is 2.20. The number of pyridine rings is 1. The van der Waals surface area contributed by atoms with Crippen molar-refractivity contribution >= 4 is 5.82 Å². The molecule has 1 heterocycles. The van der Waals surface area contributed by atoms with Crippen molar-refractivity contribution in [2.75, 3.05) is 18.5 Å². The van der Waals surface area contributed by atoms with Crippen LogP contribution in [0.3, 0.4) is 0 Å². The van der Waals surface area contributed by atoms with Gasteiger partial charge in [-0.3, -0.25) is 0 Å². The first-order chi connectivity index (χ1) is 9.45. The number of nitrogens with zero attached hydrogens (tertiary/aromatic N) is 2. The summed E-state index contributed by atoms with van der Waals surface area (Å²) < 4.78 is 0. The van der Waals surface area contributed by atoms with Crippen LogP contribution >= 0.6 is 0 Å². The molecule has 0 unspecified atom stereocenters. The zero-order chi connectivity index (χ0) is 14.7. The molecule has 1 fully saturated rings. The van der Waals surface area contributed by atoms with Crippen LogP contribution < -0.4 is 10.2 Å². The third-order valence-electron chi connectivity index (χ3n) is 3.55. The summed E-state index contributed by atoms with van der Waals surface area (Å²) in [7, 11) is 2.08. The Balaban J connectivity index is 2.17. The van der Waals surface area contributed by atoms with Crippen molar-refractivity contribution in [3.05, 3.63) is 35.5 Å². The summed E-state index contributed by atoms with van der Waals surface area (Å²) in [5.41, 5.74) is 3.66. The van der Waals surface area contributed by atoms with Crippen LogP contribution in [0.15, 0.2) is 24.3 Å². The van der Waals surface area contributed by atoms with Gasteiger partial charge in [0.1, 0.15) is 5.82 Å². The first-order valence-corrected chi connectivity index (χ1v) is 7.55. The van der Waals surface area contributed by atoms with Gasteiger partial charge in [0.25, 0.3) is 0 Å². The summed E-state index contributed by atoms with van der Waals surface area (Å²) in [5, 5.41) is 3.58. The fraction of sp³-hybridized carbons (Fsp3) is 0.588. The van der Waals surface area contributed by atoms with Gasteiger partial charge < -0.3 is 10.2 Å². The lowest BCUT2D eigenvalue weighted by atomic mass is 10.1. The van der Waals surface area contributed by atoms with Gasteiger partial charge in [-0.2, -0.15) is 0 Å². The van der Waals surface area contributed by atoms with E-state index in [4.69, 9.17) is 4.98 Å². The van der Waals surface area contributed by atoms with Gasteiger partial charge in [-0.1, -0.05) is 26.0 Å². The fourth-order valence-corrected chi connectivity index (χ4v) is 2.22. The van der Waals surface area contributed by atoms with E-state index in [0.29, 0.717) is 5.92 Å². The van der Waals surface area contributed by atoms with E-state index in [1.165, 1.54) is 24.1 Å². The first-order valence-electron chi connectivity index (χ1n) is 7.55. The quantitative estimate of drug-likeness (QED) is 0.771. The molecule has 0 spiro atoms. The number of anilines is 1. The molecule has 1 aromatic heterocycles. The summed E-state index contributed by atoms with van der Waals surface area (Å²) in [6.45, 7) is 12.2. The smallest absolute Gasteiger partial charge is 0.129 e. The molecular formula is C17H27N3. The number of aromatic nitrogens is 1. The SMILES string of the molecule is C=C(C)CN(C)c1cc(CNC2CC2)cc(C(C)C)n1. The molecule has 0 aliphatic heterocycles. The number of nitrogens with one attached hydrogen (secondary N) is 1. The summed E-state index contributed by atoms with van der Waals surface area (Å²) in [4.78, 5) is 6.96. The summed E-state index contributed by atoms with van der Waals surface area (Å²) in [6.07, 6.45) is 2.65.